The normalized spacial score (nSPS) is 14.9. The Hall–Kier alpha value is -4.84. The number of hydrogen-bond acceptors (Lipinski definition) is 8. The maximum absolute atomic E-state index is 13.9. The number of aromatic nitrogens is 1. The van der Waals surface area contributed by atoms with Crippen LogP contribution in [0.5, 0.6) is 17.2 Å². The van der Waals surface area contributed by atoms with Gasteiger partial charge in [-0.15, -0.1) is 0 Å². The van der Waals surface area contributed by atoms with Crippen molar-refractivity contribution in [2.45, 2.75) is 32.7 Å². The molecule has 5 rings (SSSR count). The lowest BCUT2D eigenvalue weighted by Crippen LogP contribution is -2.39. The van der Waals surface area contributed by atoms with Gasteiger partial charge in [0, 0.05) is 5.56 Å². The number of ether oxygens (including phenoxy) is 4. The average Bonchev–Trinajstić information content (AvgIpc) is 3.32. The van der Waals surface area contributed by atoms with Gasteiger partial charge in [0.15, 0.2) is 4.80 Å². The third-order valence-electron chi connectivity index (χ3n) is 7.11. The van der Waals surface area contributed by atoms with Crippen LogP contribution < -0.4 is 29.1 Å². The van der Waals surface area contributed by atoms with Gasteiger partial charge >= 0.3 is 12.1 Å². The Morgan fingerprint density at radius 1 is 1.02 bits per heavy atom. The van der Waals surface area contributed by atoms with Crippen LogP contribution in [-0.2, 0) is 22.3 Å². The van der Waals surface area contributed by atoms with Crippen LogP contribution in [0.25, 0.3) is 6.08 Å². The molecule has 2 heterocycles. The van der Waals surface area contributed by atoms with Gasteiger partial charge in [0.1, 0.15) is 23.9 Å². The van der Waals surface area contributed by atoms with Crippen molar-refractivity contribution in [3.8, 4) is 17.2 Å². The Bertz CT molecular complexity index is 1940. The molecule has 1 aliphatic rings. The van der Waals surface area contributed by atoms with Crippen LogP contribution in [0.15, 0.2) is 87.8 Å². The zero-order valence-corrected chi connectivity index (χ0v) is 25.6. The Kier molecular flexibility index (Phi) is 9.14. The summed E-state index contributed by atoms with van der Waals surface area (Å²) in [6.45, 7) is 3.50. The van der Waals surface area contributed by atoms with Gasteiger partial charge in [0.05, 0.1) is 48.2 Å². The molecule has 0 saturated heterocycles. The van der Waals surface area contributed by atoms with Crippen LogP contribution in [0.3, 0.4) is 0 Å². The third kappa shape index (κ3) is 6.65. The summed E-state index contributed by atoms with van der Waals surface area (Å²) in [7, 11) is 3.03. The fourth-order valence-electron chi connectivity index (χ4n) is 4.97. The van der Waals surface area contributed by atoms with Gasteiger partial charge in [-0.25, -0.2) is 9.79 Å². The number of hydrogen-bond donors (Lipinski definition) is 0. The lowest BCUT2D eigenvalue weighted by molar-refractivity contribution is -0.139. The zero-order chi connectivity index (χ0) is 32.3. The predicted molar refractivity (Wildman–Crippen MR) is 162 cm³/mol. The summed E-state index contributed by atoms with van der Waals surface area (Å²) >= 11 is 1.17. The van der Waals surface area contributed by atoms with Crippen molar-refractivity contribution < 1.29 is 36.9 Å². The first kappa shape index (κ1) is 31.6. The molecule has 8 nitrogen and oxygen atoms in total. The minimum absolute atomic E-state index is 0.0527. The van der Waals surface area contributed by atoms with E-state index in [0.717, 1.165) is 12.1 Å². The van der Waals surface area contributed by atoms with E-state index in [2.05, 4.69) is 4.99 Å². The Morgan fingerprint density at radius 3 is 2.44 bits per heavy atom. The first-order valence-corrected chi connectivity index (χ1v) is 14.7. The largest absolute Gasteiger partial charge is 0.497 e. The number of allylic oxidation sites excluding steroid dienone is 1. The predicted octanol–water partition coefficient (Wildman–Crippen LogP) is 5.41. The van der Waals surface area contributed by atoms with Crippen LogP contribution in [0.1, 0.15) is 42.1 Å². The second-order valence-electron chi connectivity index (χ2n) is 9.96. The van der Waals surface area contributed by atoms with Gasteiger partial charge in [0.2, 0.25) is 0 Å². The number of benzene rings is 3. The average molecular weight is 639 g/mol. The van der Waals surface area contributed by atoms with Crippen molar-refractivity contribution >= 4 is 23.4 Å². The van der Waals surface area contributed by atoms with E-state index in [-0.39, 0.29) is 30.1 Å². The molecule has 4 aromatic rings. The SMILES string of the molecule is CCOC(=O)C1=C(C)N=c2s/c(=C\c3ccc(OC)c(COc4cccc(C(F)(F)F)c4)c3)c(=O)n2C1c1ccc(OC)cc1. The highest BCUT2D eigenvalue weighted by Crippen LogP contribution is 2.33. The summed E-state index contributed by atoms with van der Waals surface area (Å²) in [5.74, 6) is 0.581. The first-order chi connectivity index (χ1) is 21.5. The van der Waals surface area contributed by atoms with E-state index >= 15 is 0 Å². The molecule has 1 unspecified atom stereocenters. The molecule has 12 heteroatoms. The number of carbonyl (C=O) groups excluding carboxylic acids is 1. The number of nitrogens with zero attached hydrogens (tertiary/aromatic N) is 2. The number of fused-ring (bicyclic) bond motifs is 1. The topological polar surface area (TPSA) is 88.4 Å². The molecule has 0 N–H and O–H groups in total. The van der Waals surface area contributed by atoms with Crippen LogP contribution in [0.4, 0.5) is 13.2 Å². The number of rotatable bonds is 9. The minimum Gasteiger partial charge on any atom is -0.497 e. The standard InChI is InChI=1S/C33H29F3N2O6S/c1-5-43-31(40)28-19(2)37-32-38(29(28)21-10-12-24(41-3)13-11-21)30(39)27(45-32)16-20-9-14-26(42-4)22(15-20)18-44-25-8-6-7-23(17-25)33(34,35)36/h6-17,29H,5,18H2,1-4H3/b27-16-. The smallest absolute Gasteiger partial charge is 0.416 e. The Labute approximate surface area is 260 Å². The molecule has 1 aromatic heterocycles. The lowest BCUT2D eigenvalue weighted by Gasteiger charge is -2.24. The molecule has 0 bridgehead atoms. The van der Waals surface area contributed by atoms with Crippen molar-refractivity contribution in [3.05, 3.63) is 120 Å². The molecular formula is C33H29F3N2O6S. The van der Waals surface area contributed by atoms with E-state index in [1.54, 1.807) is 69.5 Å². The number of halogens is 3. The summed E-state index contributed by atoms with van der Waals surface area (Å²) in [4.78, 5) is 32.0. The minimum atomic E-state index is -4.50. The van der Waals surface area contributed by atoms with Crippen LogP contribution in [0, 0.1) is 0 Å². The van der Waals surface area contributed by atoms with Gasteiger partial charge in [0.25, 0.3) is 5.56 Å². The Morgan fingerprint density at radius 2 is 1.78 bits per heavy atom. The van der Waals surface area contributed by atoms with Crippen molar-refractivity contribution in [1.82, 2.24) is 4.57 Å². The summed E-state index contributed by atoms with van der Waals surface area (Å²) < 4.78 is 63.1. The van der Waals surface area contributed by atoms with Crippen LogP contribution >= 0.6 is 11.3 Å². The lowest BCUT2D eigenvalue weighted by atomic mass is 9.96. The summed E-state index contributed by atoms with van der Waals surface area (Å²) in [5, 5.41) is 0. The zero-order valence-electron chi connectivity index (χ0n) is 24.8. The molecular weight excluding hydrogens is 609 g/mol. The molecule has 0 aliphatic carbocycles. The molecule has 0 spiro atoms. The summed E-state index contributed by atoms with van der Waals surface area (Å²) in [5.41, 5.74) is 1.41. The molecule has 3 aromatic carbocycles. The fourth-order valence-corrected chi connectivity index (χ4v) is 6.02. The highest BCUT2D eigenvalue weighted by Gasteiger charge is 2.33. The molecule has 0 saturated carbocycles. The summed E-state index contributed by atoms with van der Waals surface area (Å²) in [6.07, 6.45) is -2.81. The second kappa shape index (κ2) is 13.0. The Balaban J connectivity index is 1.54. The monoisotopic (exact) mass is 638 g/mol. The van der Waals surface area contributed by atoms with Crippen molar-refractivity contribution in [2.75, 3.05) is 20.8 Å². The van der Waals surface area contributed by atoms with Gasteiger partial charge in [-0.05, 0) is 73.5 Å². The number of methoxy groups -OCH3 is 2. The quantitative estimate of drug-likeness (QED) is 0.228. The molecule has 0 amide bonds. The van der Waals surface area contributed by atoms with E-state index in [1.807, 2.05) is 0 Å². The second-order valence-corrected chi connectivity index (χ2v) is 11.0. The molecule has 234 valence electrons. The van der Waals surface area contributed by atoms with Gasteiger partial charge in [-0.2, -0.15) is 13.2 Å². The molecule has 1 aliphatic heterocycles. The van der Waals surface area contributed by atoms with Crippen LogP contribution in [0.2, 0.25) is 0 Å². The maximum atomic E-state index is 13.9. The van der Waals surface area contributed by atoms with Crippen molar-refractivity contribution in [1.29, 1.82) is 0 Å². The van der Waals surface area contributed by atoms with E-state index in [0.29, 0.717) is 43.2 Å². The number of carbonyl (C=O) groups is 1. The number of alkyl halides is 3. The number of thiazole rings is 1. The van der Waals surface area contributed by atoms with E-state index in [9.17, 15) is 22.8 Å². The molecule has 0 radical (unpaired) electrons. The van der Waals surface area contributed by atoms with Crippen molar-refractivity contribution in [3.63, 3.8) is 0 Å². The highest BCUT2D eigenvalue weighted by molar-refractivity contribution is 7.07. The maximum Gasteiger partial charge on any atom is 0.416 e. The molecule has 0 fully saturated rings. The number of esters is 1. The van der Waals surface area contributed by atoms with E-state index < -0.39 is 23.8 Å². The van der Waals surface area contributed by atoms with Gasteiger partial charge in [-0.3, -0.25) is 9.36 Å². The summed E-state index contributed by atoms with van der Waals surface area (Å²) in [6, 6.07) is 16.1. The van der Waals surface area contributed by atoms with Gasteiger partial charge in [-0.1, -0.05) is 35.6 Å². The fraction of sp³-hybridized carbons (Fsp3) is 0.242. The first-order valence-electron chi connectivity index (χ1n) is 13.8. The van der Waals surface area contributed by atoms with Gasteiger partial charge < -0.3 is 18.9 Å². The third-order valence-corrected chi connectivity index (χ3v) is 8.09. The van der Waals surface area contributed by atoms with E-state index in [4.69, 9.17) is 18.9 Å². The van der Waals surface area contributed by atoms with Crippen LogP contribution in [-0.4, -0.2) is 31.4 Å². The van der Waals surface area contributed by atoms with E-state index in [1.165, 1.54) is 35.1 Å². The van der Waals surface area contributed by atoms with Crippen molar-refractivity contribution in [2.24, 2.45) is 4.99 Å². The molecule has 45 heavy (non-hydrogen) atoms. The molecule has 1 atom stereocenters. The highest BCUT2D eigenvalue weighted by atomic mass is 32.1.